The van der Waals surface area contributed by atoms with Crippen LogP contribution in [-0.2, 0) is 4.79 Å². The van der Waals surface area contributed by atoms with Gasteiger partial charge in [0.25, 0.3) is 0 Å². The Bertz CT molecular complexity index is 1040. The predicted molar refractivity (Wildman–Crippen MR) is 111 cm³/mol. The number of imidazole rings is 1. The first-order valence-electron chi connectivity index (χ1n) is 9.94. The van der Waals surface area contributed by atoms with Gasteiger partial charge in [0, 0.05) is 43.9 Å². The second-order valence-corrected chi connectivity index (χ2v) is 7.40. The molecule has 1 amide bonds. The number of rotatable bonds is 5. The summed E-state index contributed by atoms with van der Waals surface area (Å²) < 4.78 is 7.36. The van der Waals surface area contributed by atoms with E-state index in [9.17, 15) is 4.79 Å². The fourth-order valence-electron chi connectivity index (χ4n) is 3.93. The van der Waals surface area contributed by atoms with Crippen molar-refractivity contribution in [3.05, 3.63) is 35.8 Å². The summed E-state index contributed by atoms with van der Waals surface area (Å²) in [6.07, 6.45) is 2.72. The third kappa shape index (κ3) is 3.74. The molecule has 1 fully saturated rings. The zero-order valence-corrected chi connectivity index (χ0v) is 17.3. The molecule has 8 nitrogen and oxygen atoms in total. The van der Waals surface area contributed by atoms with Crippen molar-refractivity contribution in [2.75, 3.05) is 24.6 Å². The summed E-state index contributed by atoms with van der Waals surface area (Å²) in [7, 11) is 0. The van der Waals surface area contributed by atoms with Crippen LogP contribution in [0.25, 0.3) is 16.9 Å². The van der Waals surface area contributed by atoms with Crippen molar-refractivity contribution >= 4 is 17.2 Å². The summed E-state index contributed by atoms with van der Waals surface area (Å²) in [5.41, 5.74) is 5.54. The van der Waals surface area contributed by atoms with E-state index in [1.807, 2.05) is 37.4 Å². The SMILES string of the molecule is CCOc1ccc(-c2c(C)nc3c(N4CC[C@@H](NC(C)=O)C4)cc(C)nn23)cn1. The number of carbonyl (C=O) groups is 1. The smallest absolute Gasteiger partial charge is 0.217 e. The third-order valence-corrected chi connectivity index (χ3v) is 5.10. The summed E-state index contributed by atoms with van der Waals surface area (Å²) >= 11 is 0. The van der Waals surface area contributed by atoms with Crippen LogP contribution in [-0.4, -0.2) is 51.2 Å². The highest BCUT2D eigenvalue weighted by Crippen LogP contribution is 2.31. The Labute approximate surface area is 169 Å². The molecule has 4 heterocycles. The largest absolute Gasteiger partial charge is 0.478 e. The predicted octanol–water partition coefficient (Wildman–Crippen LogP) is 2.52. The van der Waals surface area contributed by atoms with Crippen LogP contribution in [0.4, 0.5) is 5.69 Å². The Morgan fingerprint density at radius 2 is 2.17 bits per heavy atom. The van der Waals surface area contributed by atoms with Gasteiger partial charge < -0.3 is 15.0 Å². The number of nitrogens with zero attached hydrogens (tertiary/aromatic N) is 5. The van der Waals surface area contributed by atoms with Gasteiger partial charge in [0.05, 0.1) is 29.4 Å². The van der Waals surface area contributed by atoms with Crippen molar-refractivity contribution in [2.45, 2.75) is 40.2 Å². The van der Waals surface area contributed by atoms with Crippen LogP contribution in [0.5, 0.6) is 5.88 Å². The first-order valence-corrected chi connectivity index (χ1v) is 9.94. The lowest BCUT2D eigenvalue weighted by molar-refractivity contribution is -0.119. The molecule has 1 atom stereocenters. The summed E-state index contributed by atoms with van der Waals surface area (Å²) in [6.45, 7) is 9.70. The molecule has 3 aromatic rings. The van der Waals surface area contributed by atoms with Gasteiger partial charge in [-0.1, -0.05) is 0 Å². The normalized spacial score (nSPS) is 16.4. The minimum Gasteiger partial charge on any atom is -0.478 e. The van der Waals surface area contributed by atoms with Crippen LogP contribution in [0, 0.1) is 13.8 Å². The van der Waals surface area contributed by atoms with Gasteiger partial charge in [0.15, 0.2) is 5.65 Å². The molecule has 0 unspecified atom stereocenters. The van der Waals surface area contributed by atoms with E-state index < -0.39 is 0 Å². The molecule has 29 heavy (non-hydrogen) atoms. The van der Waals surface area contributed by atoms with E-state index in [1.54, 1.807) is 13.1 Å². The number of fused-ring (bicyclic) bond motifs is 1. The fraction of sp³-hybridized carbons (Fsp3) is 0.429. The highest BCUT2D eigenvalue weighted by molar-refractivity contribution is 5.76. The highest BCUT2D eigenvalue weighted by atomic mass is 16.5. The maximum absolute atomic E-state index is 11.4. The molecule has 4 rings (SSSR count). The highest BCUT2D eigenvalue weighted by Gasteiger charge is 2.26. The molecule has 8 heteroatoms. The number of aryl methyl sites for hydroxylation is 2. The Morgan fingerprint density at radius 1 is 1.34 bits per heavy atom. The van der Waals surface area contributed by atoms with Gasteiger partial charge in [-0.05, 0) is 39.3 Å². The molecule has 0 saturated carbocycles. The Balaban J connectivity index is 1.74. The van der Waals surface area contributed by atoms with Crippen LogP contribution in [0.2, 0.25) is 0 Å². The van der Waals surface area contributed by atoms with Crippen LogP contribution < -0.4 is 15.0 Å². The molecule has 1 saturated heterocycles. The number of carbonyl (C=O) groups excluding carboxylic acids is 1. The molecule has 0 spiro atoms. The van der Waals surface area contributed by atoms with Gasteiger partial charge >= 0.3 is 0 Å². The molecule has 1 N–H and O–H groups in total. The van der Waals surface area contributed by atoms with Crippen LogP contribution >= 0.6 is 0 Å². The number of pyridine rings is 1. The van der Waals surface area contributed by atoms with Gasteiger partial charge in [-0.3, -0.25) is 4.79 Å². The van der Waals surface area contributed by atoms with Crippen molar-refractivity contribution < 1.29 is 9.53 Å². The second kappa shape index (κ2) is 7.69. The van der Waals surface area contributed by atoms with Crippen LogP contribution in [0.3, 0.4) is 0 Å². The first-order chi connectivity index (χ1) is 14.0. The van der Waals surface area contributed by atoms with Crippen molar-refractivity contribution in [2.24, 2.45) is 0 Å². The maximum Gasteiger partial charge on any atom is 0.217 e. The molecular formula is C21H26N6O2. The minimum atomic E-state index is 0.00912. The van der Waals surface area contributed by atoms with Gasteiger partial charge in [-0.15, -0.1) is 0 Å². The minimum absolute atomic E-state index is 0.00912. The zero-order chi connectivity index (χ0) is 20.5. The van der Waals surface area contributed by atoms with Gasteiger partial charge in [-0.2, -0.15) is 5.10 Å². The van der Waals surface area contributed by atoms with E-state index >= 15 is 0 Å². The third-order valence-electron chi connectivity index (χ3n) is 5.10. The van der Waals surface area contributed by atoms with Gasteiger partial charge in [-0.25, -0.2) is 14.5 Å². The summed E-state index contributed by atoms with van der Waals surface area (Å²) in [5.74, 6) is 0.614. The van der Waals surface area contributed by atoms with E-state index in [4.69, 9.17) is 14.8 Å². The van der Waals surface area contributed by atoms with E-state index in [2.05, 4.69) is 21.3 Å². The number of aromatic nitrogens is 4. The van der Waals surface area contributed by atoms with Crippen molar-refractivity contribution in [1.29, 1.82) is 0 Å². The lowest BCUT2D eigenvalue weighted by Crippen LogP contribution is -2.35. The Morgan fingerprint density at radius 3 is 2.86 bits per heavy atom. The summed E-state index contributed by atoms with van der Waals surface area (Å²) in [6, 6.07) is 6.08. The molecule has 3 aromatic heterocycles. The fourth-order valence-corrected chi connectivity index (χ4v) is 3.93. The first kappa shape index (κ1) is 19.2. The standard InChI is InChI=1S/C21H26N6O2/c1-5-29-19-7-6-16(11-22-19)20-14(3)23-21-18(10-13(2)25-27(20)21)26-9-8-17(12-26)24-15(4)28/h6-7,10-11,17H,5,8-9,12H2,1-4H3,(H,24,28)/t17-/m1/s1. The van der Waals surface area contributed by atoms with Gasteiger partial charge in [0.2, 0.25) is 11.8 Å². The van der Waals surface area contributed by atoms with Crippen LogP contribution in [0.1, 0.15) is 31.7 Å². The van der Waals surface area contributed by atoms with Crippen molar-refractivity contribution in [1.82, 2.24) is 24.9 Å². The molecule has 1 aliphatic heterocycles. The summed E-state index contributed by atoms with van der Waals surface area (Å²) in [5, 5.41) is 7.75. The van der Waals surface area contributed by atoms with Gasteiger partial charge in [0.1, 0.15) is 0 Å². The van der Waals surface area contributed by atoms with Crippen molar-refractivity contribution in [3.63, 3.8) is 0 Å². The zero-order valence-electron chi connectivity index (χ0n) is 17.3. The number of anilines is 1. The van der Waals surface area contributed by atoms with E-state index in [-0.39, 0.29) is 11.9 Å². The number of nitrogens with one attached hydrogen (secondary N) is 1. The molecule has 0 bridgehead atoms. The second-order valence-electron chi connectivity index (χ2n) is 7.40. The lowest BCUT2D eigenvalue weighted by atomic mass is 10.2. The Kier molecular flexibility index (Phi) is 5.08. The molecular weight excluding hydrogens is 368 g/mol. The Hall–Kier alpha value is -3.16. The summed E-state index contributed by atoms with van der Waals surface area (Å²) in [4.78, 5) is 22.9. The number of amides is 1. The lowest BCUT2D eigenvalue weighted by Gasteiger charge is -2.20. The van der Waals surface area contributed by atoms with E-state index in [0.717, 1.165) is 53.5 Å². The number of hydrogen-bond donors (Lipinski definition) is 1. The van der Waals surface area contributed by atoms with E-state index in [0.29, 0.717) is 12.5 Å². The molecule has 0 aliphatic carbocycles. The van der Waals surface area contributed by atoms with E-state index in [1.165, 1.54) is 0 Å². The molecule has 1 aliphatic rings. The average molecular weight is 394 g/mol. The molecule has 0 aromatic carbocycles. The average Bonchev–Trinajstić information content (AvgIpc) is 3.25. The monoisotopic (exact) mass is 394 g/mol. The van der Waals surface area contributed by atoms with Crippen LogP contribution in [0.15, 0.2) is 24.4 Å². The van der Waals surface area contributed by atoms with Crippen molar-refractivity contribution in [3.8, 4) is 17.1 Å². The maximum atomic E-state index is 11.4. The quantitative estimate of drug-likeness (QED) is 0.716. The number of ether oxygens (including phenoxy) is 1. The molecule has 152 valence electrons. The molecule has 0 radical (unpaired) electrons. The number of hydrogen-bond acceptors (Lipinski definition) is 6. The topological polar surface area (TPSA) is 84.6 Å².